The molecule has 3 N–H and O–H groups in total. The zero-order chi connectivity index (χ0) is 14.4. The number of benzene rings is 1. The molecule has 0 saturated heterocycles. The number of nitrogens with two attached hydrogens (primary N) is 1. The lowest BCUT2D eigenvalue weighted by atomic mass is 10.0. The van der Waals surface area contributed by atoms with Crippen LogP contribution in [0.4, 0.5) is 5.69 Å². The molecule has 1 aromatic heterocycles. The van der Waals surface area contributed by atoms with Gasteiger partial charge < -0.3 is 11.1 Å². The molecule has 6 heteroatoms. The van der Waals surface area contributed by atoms with E-state index < -0.39 is 0 Å². The van der Waals surface area contributed by atoms with E-state index in [2.05, 4.69) is 10.3 Å². The summed E-state index contributed by atoms with van der Waals surface area (Å²) in [5, 5.41) is 2.95. The quantitative estimate of drug-likeness (QED) is 0.821. The Hall–Kier alpha value is -1.78. The highest BCUT2D eigenvalue weighted by atomic mass is 35.5. The van der Waals surface area contributed by atoms with E-state index in [4.69, 9.17) is 5.73 Å². The van der Waals surface area contributed by atoms with E-state index in [-0.39, 0.29) is 36.6 Å². The maximum atomic E-state index is 12.0. The van der Waals surface area contributed by atoms with Crippen molar-refractivity contribution in [2.24, 2.45) is 0 Å². The van der Waals surface area contributed by atoms with E-state index in [0.717, 1.165) is 23.2 Å². The van der Waals surface area contributed by atoms with Crippen LogP contribution in [0.25, 0.3) is 0 Å². The standard InChI is InChI=1S/C16H19N3O.2ClH/c1-12(14-3-2-9-18-11-14)16(20)19-10-8-13-4-6-15(17)7-5-13;;/h2-7,9,11-12H,8,10,17H2,1H3,(H,19,20);2*1H. The minimum absolute atomic E-state index is 0. The summed E-state index contributed by atoms with van der Waals surface area (Å²) in [4.78, 5) is 16.1. The van der Waals surface area contributed by atoms with Gasteiger partial charge in [0.05, 0.1) is 5.92 Å². The second-order valence-electron chi connectivity index (χ2n) is 4.79. The highest BCUT2D eigenvalue weighted by molar-refractivity contribution is 5.85. The Balaban J connectivity index is 0.00000220. The van der Waals surface area contributed by atoms with Crippen molar-refractivity contribution >= 4 is 36.4 Å². The number of carbonyl (C=O) groups excluding carboxylic acids is 1. The lowest BCUT2D eigenvalue weighted by Crippen LogP contribution is -2.29. The Morgan fingerprint density at radius 2 is 1.91 bits per heavy atom. The number of hydrogen-bond donors (Lipinski definition) is 2. The van der Waals surface area contributed by atoms with Crippen molar-refractivity contribution in [3.05, 3.63) is 59.9 Å². The second kappa shape index (κ2) is 10.0. The molecule has 0 spiro atoms. The Morgan fingerprint density at radius 3 is 2.50 bits per heavy atom. The third-order valence-corrected chi connectivity index (χ3v) is 3.27. The first-order chi connectivity index (χ1) is 9.66. The number of pyridine rings is 1. The van der Waals surface area contributed by atoms with Crippen LogP contribution >= 0.6 is 24.8 Å². The maximum Gasteiger partial charge on any atom is 0.227 e. The molecule has 1 heterocycles. The van der Waals surface area contributed by atoms with Crippen LogP contribution in [-0.4, -0.2) is 17.4 Å². The van der Waals surface area contributed by atoms with Crippen molar-refractivity contribution in [2.75, 3.05) is 12.3 Å². The van der Waals surface area contributed by atoms with Crippen LogP contribution in [0.5, 0.6) is 0 Å². The van der Waals surface area contributed by atoms with Gasteiger partial charge in [0, 0.05) is 24.6 Å². The Kier molecular flexibility index (Phi) is 9.22. The molecule has 4 nitrogen and oxygen atoms in total. The van der Waals surface area contributed by atoms with Crippen molar-refractivity contribution in [3.8, 4) is 0 Å². The van der Waals surface area contributed by atoms with Gasteiger partial charge >= 0.3 is 0 Å². The van der Waals surface area contributed by atoms with Gasteiger partial charge in [0.2, 0.25) is 5.91 Å². The molecular formula is C16H21Cl2N3O. The first-order valence-corrected chi connectivity index (χ1v) is 6.69. The number of carbonyl (C=O) groups is 1. The van der Waals surface area contributed by atoms with E-state index >= 15 is 0 Å². The predicted molar refractivity (Wildman–Crippen MR) is 94.7 cm³/mol. The third-order valence-electron chi connectivity index (χ3n) is 3.27. The normalized spacial score (nSPS) is 10.8. The molecule has 0 aliphatic carbocycles. The van der Waals surface area contributed by atoms with Gasteiger partial charge in [-0.05, 0) is 42.7 Å². The minimum atomic E-state index is -0.185. The van der Waals surface area contributed by atoms with E-state index in [9.17, 15) is 4.79 Å². The summed E-state index contributed by atoms with van der Waals surface area (Å²) in [7, 11) is 0. The summed E-state index contributed by atoms with van der Waals surface area (Å²) in [6, 6.07) is 11.5. The van der Waals surface area contributed by atoms with Crippen molar-refractivity contribution < 1.29 is 4.79 Å². The van der Waals surface area contributed by atoms with Gasteiger partial charge in [-0.15, -0.1) is 24.8 Å². The minimum Gasteiger partial charge on any atom is -0.399 e. The molecule has 22 heavy (non-hydrogen) atoms. The number of amides is 1. The predicted octanol–water partition coefficient (Wildman–Crippen LogP) is 2.97. The Labute approximate surface area is 143 Å². The highest BCUT2D eigenvalue weighted by Crippen LogP contribution is 2.13. The summed E-state index contributed by atoms with van der Waals surface area (Å²) >= 11 is 0. The zero-order valence-electron chi connectivity index (χ0n) is 12.4. The number of nitrogen functional groups attached to an aromatic ring is 1. The van der Waals surface area contributed by atoms with Gasteiger partial charge in [-0.25, -0.2) is 0 Å². The number of nitrogens with zero attached hydrogens (tertiary/aromatic N) is 1. The topological polar surface area (TPSA) is 68.0 Å². The van der Waals surface area contributed by atoms with Gasteiger partial charge in [-0.1, -0.05) is 18.2 Å². The molecule has 0 aliphatic rings. The molecule has 120 valence electrons. The largest absolute Gasteiger partial charge is 0.399 e. The fraction of sp³-hybridized carbons (Fsp3) is 0.250. The number of hydrogen-bond acceptors (Lipinski definition) is 3. The molecule has 2 rings (SSSR count). The number of rotatable bonds is 5. The van der Waals surface area contributed by atoms with Gasteiger partial charge in [0.25, 0.3) is 0 Å². The number of anilines is 1. The Morgan fingerprint density at radius 1 is 1.23 bits per heavy atom. The van der Waals surface area contributed by atoms with Crippen LogP contribution in [0.1, 0.15) is 24.0 Å². The molecule has 0 radical (unpaired) electrons. The van der Waals surface area contributed by atoms with Crippen LogP contribution in [0.2, 0.25) is 0 Å². The summed E-state index contributed by atoms with van der Waals surface area (Å²) in [6.45, 7) is 2.50. The van der Waals surface area contributed by atoms with Gasteiger partial charge in [0.15, 0.2) is 0 Å². The van der Waals surface area contributed by atoms with Crippen molar-refractivity contribution in [1.29, 1.82) is 0 Å². The molecule has 1 atom stereocenters. The average Bonchev–Trinajstić information content (AvgIpc) is 2.49. The number of aromatic nitrogens is 1. The molecule has 1 unspecified atom stereocenters. The van der Waals surface area contributed by atoms with E-state index in [0.29, 0.717) is 6.54 Å². The maximum absolute atomic E-state index is 12.0. The fourth-order valence-corrected chi connectivity index (χ4v) is 1.95. The molecule has 0 saturated carbocycles. The lowest BCUT2D eigenvalue weighted by Gasteiger charge is -2.12. The van der Waals surface area contributed by atoms with Crippen molar-refractivity contribution in [3.63, 3.8) is 0 Å². The first kappa shape index (κ1) is 20.2. The van der Waals surface area contributed by atoms with E-state index in [1.54, 1.807) is 12.4 Å². The fourth-order valence-electron chi connectivity index (χ4n) is 1.95. The summed E-state index contributed by atoms with van der Waals surface area (Å²) in [5.74, 6) is -0.163. The molecule has 1 aromatic carbocycles. The number of nitrogens with one attached hydrogen (secondary N) is 1. The van der Waals surface area contributed by atoms with Gasteiger partial charge in [-0.3, -0.25) is 9.78 Å². The smallest absolute Gasteiger partial charge is 0.227 e. The SMILES string of the molecule is CC(C(=O)NCCc1ccc(N)cc1)c1cccnc1.Cl.Cl. The van der Waals surface area contributed by atoms with Crippen LogP contribution in [0, 0.1) is 0 Å². The molecule has 2 aromatic rings. The average molecular weight is 342 g/mol. The molecule has 1 amide bonds. The zero-order valence-corrected chi connectivity index (χ0v) is 14.0. The van der Waals surface area contributed by atoms with E-state index in [1.165, 1.54) is 0 Å². The number of halogens is 2. The van der Waals surface area contributed by atoms with Crippen LogP contribution in [0.15, 0.2) is 48.8 Å². The Bertz CT molecular complexity index is 561. The first-order valence-electron chi connectivity index (χ1n) is 6.69. The highest BCUT2D eigenvalue weighted by Gasteiger charge is 2.14. The summed E-state index contributed by atoms with van der Waals surface area (Å²) in [6.07, 6.45) is 4.23. The van der Waals surface area contributed by atoms with Crippen LogP contribution in [-0.2, 0) is 11.2 Å². The van der Waals surface area contributed by atoms with E-state index in [1.807, 2.05) is 43.3 Å². The van der Waals surface area contributed by atoms with Crippen molar-refractivity contribution in [1.82, 2.24) is 10.3 Å². The summed E-state index contributed by atoms with van der Waals surface area (Å²) in [5.41, 5.74) is 8.47. The van der Waals surface area contributed by atoms with Crippen molar-refractivity contribution in [2.45, 2.75) is 19.3 Å². The molecular weight excluding hydrogens is 321 g/mol. The lowest BCUT2D eigenvalue weighted by molar-refractivity contribution is -0.122. The van der Waals surface area contributed by atoms with Gasteiger partial charge in [0.1, 0.15) is 0 Å². The summed E-state index contributed by atoms with van der Waals surface area (Å²) < 4.78 is 0. The molecule has 0 aliphatic heterocycles. The van der Waals surface area contributed by atoms with Crippen LogP contribution in [0.3, 0.4) is 0 Å². The molecule has 0 bridgehead atoms. The van der Waals surface area contributed by atoms with Gasteiger partial charge in [-0.2, -0.15) is 0 Å². The van der Waals surface area contributed by atoms with Crippen LogP contribution < -0.4 is 11.1 Å². The monoisotopic (exact) mass is 341 g/mol. The third kappa shape index (κ3) is 5.92. The molecule has 0 fully saturated rings. The second-order valence-corrected chi connectivity index (χ2v) is 4.79.